The third-order valence-corrected chi connectivity index (χ3v) is 8.81. The monoisotopic (exact) mass is 669 g/mol. The topological polar surface area (TPSA) is 96.5 Å². The van der Waals surface area contributed by atoms with Crippen LogP contribution in [0.5, 0.6) is 5.75 Å². The van der Waals surface area contributed by atoms with Gasteiger partial charge in [-0.3, -0.25) is 14.4 Å². The van der Waals surface area contributed by atoms with Crippen molar-refractivity contribution in [2.45, 2.75) is 36.8 Å². The molecule has 1 unspecified atom stereocenters. The van der Waals surface area contributed by atoms with Crippen molar-refractivity contribution in [3.05, 3.63) is 161 Å². The molecule has 5 aromatic carbocycles. The molecule has 0 heterocycles. The summed E-state index contributed by atoms with van der Waals surface area (Å²) in [4.78, 5) is 41.3. The van der Waals surface area contributed by atoms with Gasteiger partial charge in [0.15, 0.2) is 0 Å². The Bertz CT molecular complexity index is 1890. The number of anilines is 2. The number of carbonyl (C=O) groups is 3. The Kier molecular flexibility index (Phi) is 12.0. The van der Waals surface area contributed by atoms with E-state index in [1.54, 1.807) is 36.4 Å². The van der Waals surface area contributed by atoms with Gasteiger partial charge in [-0.2, -0.15) is 0 Å². The molecular weight excluding hydrogens is 631 g/mol. The van der Waals surface area contributed by atoms with Gasteiger partial charge in [-0.1, -0.05) is 92.7 Å². The fraction of sp³-hybridized carbons (Fsp3) is 0.146. The number of rotatable bonds is 13. The molecule has 3 N–H and O–H groups in total. The molecule has 7 nitrogen and oxygen atoms in total. The fourth-order valence-corrected chi connectivity index (χ4v) is 6.06. The van der Waals surface area contributed by atoms with Gasteiger partial charge < -0.3 is 20.7 Å². The van der Waals surface area contributed by atoms with Crippen LogP contribution >= 0.6 is 11.8 Å². The highest BCUT2D eigenvalue weighted by Gasteiger charge is 2.23. The Morgan fingerprint density at radius 3 is 2.04 bits per heavy atom. The number of hydrogen-bond donors (Lipinski definition) is 3. The minimum Gasteiger partial charge on any atom is -0.494 e. The van der Waals surface area contributed by atoms with Crippen LogP contribution in [-0.2, 0) is 9.59 Å². The molecule has 0 saturated carbocycles. The third-order valence-electron chi connectivity index (χ3n) is 7.56. The summed E-state index contributed by atoms with van der Waals surface area (Å²) in [7, 11) is 0. The molecule has 0 aliphatic rings. The second-order valence-corrected chi connectivity index (χ2v) is 12.7. The number of hydrogen-bond acceptors (Lipinski definition) is 5. The van der Waals surface area contributed by atoms with E-state index in [0.717, 1.165) is 16.1 Å². The summed E-state index contributed by atoms with van der Waals surface area (Å²) < 4.78 is 5.54. The standard InChI is InChI=1S/C41H39N3O4S/c1-4-48-35-24-18-29(19-25-35)26-37(44-39(45)32-14-9-6-10-15-32)40(46)43-34-16-11-17-36(27-34)49-38(31-12-7-5-8-13-31)41(47)42-33-22-20-30(21-23-33)28(2)3/h5-28,38H,4H2,1-3H3,(H,42,47)(H,43,46)(H,44,45)/b37-26+. The molecule has 8 heteroatoms. The van der Waals surface area contributed by atoms with E-state index >= 15 is 0 Å². The van der Waals surface area contributed by atoms with Gasteiger partial charge in [-0.05, 0) is 90.2 Å². The van der Waals surface area contributed by atoms with Crippen LogP contribution in [0.15, 0.2) is 144 Å². The van der Waals surface area contributed by atoms with Gasteiger partial charge in [0.2, 0.25) is 5.91 Å². The first-order valence-corrected chi connectivity index (χ1v) is 17.0. The lowest BCUT2D eigenvalue weighted by Crippen LogP contribution is -2.30. The van der Waals surface area contributed by atoms with Crippen molar-refractivity contribution in [1.29, 1.82) is 0 Å². The van der Waals surface area contributed by atoms with Gasteiger partial charge in [0.25, 0.3) is 11.8 Å². The molecule has 0 aliphatic heterocycles. The molecule has 0 fully saturated rings. The first-order valence-electron chi connectivity index (χ1n) is 16.1. The summed E-state index contributed by atoms with van der Waals surface area (Å²) in [5, 5.41) is 8.22. The van der Waals surface area contributed by atoms with Crippen molar-refractivity contribution < 1.29 is 19.1 Å². The summed E-state index contributed by atoms with van der Waals surface area (Å²) >= 11 is 1.38. The molecule has 0 aromatic heterocycles. The lowest BCUT2D eigenvalue weighted by Gasteiger charge is -2.18. The van der Waals surface area contributed by atoms with Crippen LogP contribution in [-0.4, -0.2) is 24.3 Å². The highest BCUT2D eigenvalue weighted by molar-refractivity contribution is 8.00. The van der Waals surface area contributed by atoms with Crippen molar-refractivity contribution in [2.24, 2.45) is 0 Å². The minimum absolute atomic E-state index is 0.0705. The summed E-state index contributed by atoms with van der Waals surface area (Å²) in [5.74, 6) is 0.0336. The largest absolute Gasteiger partial charge is 0.494 e. The van der Waals surface area contributed by atoms with Gasteiger partial charge >= 0.3 is 0 Å². The molecule has 0 radical (unpaired) electrons. The van der Waals surface area contributed by atoms with E-state index in [9.17, 15) is 14.4 Å². The van der Waals surface area contributed by atoms with Gasteiger partial charge in [0.05, 0.1) is 6.61 Å². The van der Waals surface area contributed by atoms with E-state index in [-0.39, 0.29) is 11.6 Å². The zero-order valence-electron chi connectivity index (χ0n) is 27.7. The number of benzene rings is 5. The zero-order chi connectivity index (χ0) is 34.6. The molecule has 0 aliphatic carbocycles. The SMILES string of the molecule is CCOc1ccc(/C=C(/NC(=O)c2ccccc2)C(=O)Nc2cccc(SC(C(=O)Nc3ccc(C(C)C)cc3)c3ccccc3)c2)cc1. The Morgan fingerprint density at radius 1 is 0.714 bits per heavy atom. The van der Waals surface area contributed by atoms with E-state index in [4.69, 9.17) is 4.74 Å². The predicted octanol–water partition coefficient (Wildman–Crippen LogP) is 9.09. The molecular formula is C41H39N3O4S. The second-order valence-electron chi connectivity index (χ2n) is 11.5. The van der Waals surface area contributed by atoms with E-state index in [1.807, 2.05) is 110 Å². The lowest BCUT2D eigenvalue weighted by molar-refractivity contribution is -0.116. The van der Waals surface area contributed by atoms with E-state index in [1.165, 1.54) is 17.3 Å². The molecule has 49 heavy (non-hydrogen) atoms. The van der Waals surface area contributed by atoms with Crippen LogP contribution in [0.25, 0.3) is 6.08 Å². The van der Waals surface area contributed by atoms with Gasteiger partial charge in [0, 0.05) is 21.8 Å². The Labute approximate surface area is 291 Å². The fourth-order valence-electron chi connectivity index (χ4n) is 4.98. The van der Waals surface area contributed by atoms with Crippen molar-refractivity contribution in [1.82, 2.24) is 5.32 Å². The van der Waals surface area contributed by atoms with Crippen molar-refractivity contribution in [2.75, 3.05) is 17.2 Å². The van der Waals surface area contributed by atoms with Crippen molar-refractivity contribution >= 4 is 46.9 Å². The first-order chi connectivity index (χ1) is 23.8. The number of ether oxygens (including phenoxy) is 1. The predicted molar refractivity (Wildman–Crippen MR) is 199 cm³/mol. The smallest absolute Gasteiger partial charge is 0.272 e. The molecule has 5 aromatic rings. The molecule has 0 saturated heterocycles. The average molecular weight is 670 g/mol. The van der Waals surface area contributed by atoms with Crippen LogP contribution in [0.3, 0.4) is 0 Å². The summed E-state index contributed by atoms with van der Waals surface area (Å²) in [5.41, 5.74) is 4.49. The first kappa shape index (κ1) is 34.7. The maximum Gasteiger partial charge on any atom is 0.272 e. The number of nitrogens with one attached hydrogen (secondary N) is 3. The molecule has 248 valence electrons. The summed E-state index contributed by atoms with van der Waals surface area (Å²) in [6, 6.07) is 40.8. The van der Waals surface area contributed by atoms with E-state index < -0.39 is 17.1 Å². The van der Waals surface area contributed by atoms with Crippen LogP contribution in [0.2, 0.25) is 0 Å². The van der Waals surface area contributed by atoms with Crippen molar-refractivity contribution in [3.8, 4) is 5.75 Å². The Morgan fingerprint density at radius 2 is 1.39 bits per heavy atom. The number of carbonyl (C=O) groups excluding carboxylic acids is 3. The van der Waals surface area contributed by atoms with Crippen LogP contribution < -0.4 is 20.7 Å². The third kappa shape index (κ3) is 9.95. The van der Waals surface area contributed by atoms with Crippen LogP contribution in [0.1, 0.15) is 59.0 Å². The summed E-state index contributed by atoms with van der Waals surface area (Å²) in [6.07, 6.45) is 1.62. The van der Waals surface area contributed by atoms with Crippen LogP contribution in [0.4, 0.5) is 11.4 Å². The highest BCUT2D eigenvalue weighted by atomic mass is 32.2. The number of amides is 3. The van der Waals surface area contributed by atoms with Crippen LogP contribution in [0, 0.1) is 0 Å². The normalized spacial score (nSPS) is 11.8. The molecule has 3 amide bonds. The van der Waals surface area contributed by atoms with Gasteiger partial charge in [-0.25, -0.2) is 0 Å². The zero-order valence-corrected chi connectivity index (χ0v) is 28.5. The molecule has 0 spiro atoms. The molecule has 5 rings (SSSR count). The van der Waals surface area contributed by atoms with Gasteiger partial charge in [-0.15, -0.1) is 11.8 Å². The Balaban J connectivity index is 1.36. The quantitative estimate of drug-likeness (QED) is 0.0859. The molecule has 1 atom stereocenters. The van der Waals surface area contributed by atoms with E-state index in [2.05, 4.69) is 29.8 Å². The lowest BCUT2D eigenvalue weighted by atomic mass is 10.0. The minimum atomic E-state index is -0.558. The maximum atomic E-state index is 13.7. The highest BCUT2D eigenvalue weighted by Crippen LogP contribution is 2.37. The molecule has 0 bridgehead atoms. The van der Waals surface area contributed by atoms with Crippen molar-refractivity contribution in [3.63, 3.8) is 0 Å². The summed E-state index contributed by atoms with van der Waals surface area (Å²) in [6.45, 7) is 6.71. The number of thioether (sulfide) groups is 1. The Hall–Kier alpha value is -5.60. The van der Waals surface area contributed by atoms with E-state index in [0.29, 0.717) is 35.1 Å². The second kappa shape index (κ2) is 17.0. The van der Waals surface area contributed by atoms with Gasteiger partial charge in [0.1, 0.15) is 16.7 Å². The maximum absolute atomic E-state index is 13.7. The average Bonchev–Trinajstić information content (AvgIpc) is 3.12.